The Labute approximate surface area is 122 Å². The largest absolute Gasteiger partial charge is 0.352 e. The van der Waals surface area contributed by atoms with Crippen LogP contribution in [0.5, 0.6) is 0 Å². The van der Waals surface area contributed by atoms with E-state index >= 15 is 0 Å². The van der Waals surface area contributed by atoms with Gasteiger partial charge in [0.15, 0.2) is 0 Å². The highest BCUT2D eigenvalue weighted by Crippen LogP contribution is 2.13. The number of nitrogens with one attached hydrogen (secondary N) is 1. The van der Waals surface area contributed by atoms with Crippen LogP contribution in [0.4, 0.5) is 5.69 Å². The first-order valence-corrected chi connectivity index (χ1v) is 6.88. The molecule has 1 heterocycles. The third-order valence-corrected chi connectivity index (χ3v) is 3.40. The van der Waals surface area contributed by atoms with Crippen LogP contribution in [0.3, 0.4) is 0 Å². The van der Waals surface area contributed by atoms with E-state index in [4.69, 9.17) is 0 Å². The predicted octanol–water partition coefficient (Wildman–Crippen LogP) is 1.34. The molecule has 1 fully saturated rings. The Bertz CT molecular complexity index is 553. The maximum Gasteiger partial charge on any atom is 0.270 e. The molecule has 0 aliphatic carbocycles. The van der Waals surface area contributed by atoms with Crippen LogP contribution in [0.25, 0.3) is 0 Å². The Morgan fingerprint density at radius 2 is 2.00 bits per heavy atom. The second kappa shape index (κ2) is 6.83. The fourth-order valence-corrected chi connectivity index (χ4v) is 2.27. The summed E-state index contributed by atoms with van der Waals surface area (Å²) in [5, 5.41) is 13.3. The Balaban J connectivity index is 1.82. The molecule has 7 heteroatoms. The van der Waals surface area contributed by atoms with Crippen molar-refractivity contribution < 1.29 is 14.5 Å². The molecule has 1 aliphatic heterocycles. The average molecular weight is 291 g/mol. The maximum atomic E-state index is 11.9. The highest BCUT2D eigenvalue weighted by Gasteiger charge is 2.17. The van der Waals surface area contributed by atoms with Gasteiger partial charge in [-0.15, -0.1) is 0 Å². The van der Waals surface area contributed by atoms with Gasteiger partial charge in [0, 0.05) is 43.8 Å². The zero-order valence-electron chi connectivity index (χ0n) is 11.6. The van der Waals surface area contributed by atoms with Gasteiger partial charge in [0.1, 0.15) is 0 Å². The van der Waals surface area contributed by atoms with Crippen molar-refractivity contribution >= 4 is 17.5 Å². The van der Waals surface area contributed by atoms with Gasteiger partial charge in [0.2, 0.25) is 5.91 Å². The van der Waals surface area contributed by atoms with Crippen LogP contribution in [-0.4, -0.2) is 41.3 Å². The quantitative estimate of drug-likeness (QED) is 0.654. The van der Waals surface area contributed by atoms with Crippen molar-refractivity contribution in [3.8, 4) is 0 Å². The lowest BCUT2D eigenvalue weighted by atomic mass is 10.2. The molecular weight excluding hydrogens is 274 g/mol. The Hall–Kier alpha value is -2.44. The molecule has 0 bridgehead atoms. The Kier molecular flexibility index (Phi) is 4.86. The number of hydrogen-bond acceptors (Lipinski definition) is 4. The summed E-state index contributed by atoms with van der Waals surface area (Å²) in [6, 6.07) is 5.51. The molecule has 0 radical (unpaired) electrons. The lowest BCUT2D eigenvalue weighted by Crippen LogP contribution is -2.32. The van der Waals surface area contributed by atoms with Gasteiger partial charge in [0.05, 0.1) is 4.92 Å². The number of non-ortho nitro benzene ring substituents is 1. The fourth-order valence-electron chi connectivity index (χ4n) is 2.27. The maximum absolute atomic E-state index is 11.9. The van der Waals surface area contributed by atoms with Crippen LogP contribution in [0.15, 0.2) is 24.3 Å². The van der Waals surface area contributed by atoms with Gasteiger partial charge in [-0.3, -0.25) is 19.7 Å². The second-order valence-corrected chi connectivity index (χ2v) is 4.90. The van der Waals surface area contributed by atoms with Crippen LogP contribution >= 0.6 is 0 Å². The van der Waals surface area contributed by atoms with Crippen molar-refractivity contribution in [2.45, 2.75) is 19.3 Å². The molecule has 1 saturated heterocycles. The van der Waals surface area contributed by atoms with Gasteiger partial charge in [0.25, 0.3) is 11.6 Å². The molecule has 1 aliphatic rings. The van der Waals surface area contributed by atoms with Crippen molar-refractivity contribution in [1.29, 1.82) is 0 Å². The monoisotopic (exact) mass is 291 g/mol. The number of benzene rings is 1. The lowest BCUT2D eigenvalue weighted by molar-refractivity contribution is -0.384. The number of carbonyl (C=O) groups is 2. The smallest absolute Gasteiger partial charge is 0.270 e. The standard InChI is InChI=1S/C14H17N3O4/c18-13(16-8-1-2-9-16)6-7-15-14(19)11-4-3-5-12(10-11)17(20)21/h3-5,10H,1-2,6-9H2,(H,15,19). The first kappa shape index (κ1) is 15.0. The van der Waals surface area contributed by atoms with E-state index in [1.807, 2.05) is 0 Å². The van der Waals surface area contributed by atoms with Gasteiger partial charge in [-0.05, 0) is 18.9 Å². The minimum absolute atomic E-state index is 0.0341. The summed E-state index contributed by atoms with van der Waals surface area (Å²) < 4.78 is 0. The van der Waals surface area contributed by atoms with Crippen molar-refractivity contribution in [3.05, 3.63) is 39.9 Å². The van der Waals surface area contributed by atoms with Gasteiger partial charge in [-0.1, -0.05) is 6.07 Å². The molecule has 1 aromatic carbocycles. The molecule has 0 spiro atoms. The number of hydrogen-bond donors (Lipinski definition) is 1. The third-order valence-electron chi connectivity index (χ3n) is 3.40. The topological polar surface area (TPSA) is 92.6 Å². The Morgan fingerprint density at radius 3 is 2.67 bits per heavy atom. The van der Waals surface area contributed by atoms with Crippen LogP contribution in [0, 0.1) is 10.1 Å². The molecule has 1 N–H and O–H groups in total. The van der Waals surface area contributed by atoms with E-state index in [0.29, 0.717) is 0 Å². The molecule has 7 nitrogen and oxygen atoms in total. The van der Waals surface area contributed by atoms with E-state index in [0.717, 1.165) is 25.9 Å². The lowest BCUT2D eigenvalue weighted by Gasteiger charge is -2.15. The summed E-state index contributed by atoms with van der Waals surface area (Å²) >= 11 is 0. The van der Waals surface area contributed by atoms with E-state index in [1.54, 1.807) is 4.90 Å². The minimum Gasteiger partial charge on any atom is -0.352 e. The number of rotatable bonds is 5. The van der Waals surface area contributed by atoms with Gasteiger partial charge >= 0.3 is 0 Å². The molecule has 0 aromatic heterocycles. The average Bonchev–Trinajstić information content (AvgIpc) is 3.01. The van der Waals surface area contributed by atoms with Crippen molar-refractivity contribution in [3.63, 3.8) is 0 Å². The summed E-state index contributed by atoms with van der Waals surface area (Å²) in [5.74, 6) is -0.375. The van der Waals surface area contributed by atoms with E-state index in [2.05, 4.69) is 5.32 Å². The number of likely N-dealkylation sites (tertiary alicyclic amines) is 1. The molecule has 2 rings (SSSR count). The fraction of sp³-hybridized carbons (Fsp3) is 0.429. The second-order valence-electron chi connectivity index (χ2n) is 4.90. The number of nitro benzene ring substituents is 1. The highest BCUT2D eigenvalue weighted by molar-refractivity contribution is 5.95. The summed E-state index contributed by atoms with van der Waals surface area (Å²) in [6.07, 6.45) is 2.32. The van der Waals surface area contributed by atoms with Crippen molar-refractivity contribution in [2.75, 3.05) is 19.6 Å². The van der Waals surface area contributed by atoms with Crippen LogP contribution < -0.4 is 5.32 Å². The number of amides is 2. The molecule has 0 unspecified atom stereocenters. The summed E-state index contributed by atoms with van der Waals surface area (Å²) in [7, 11) is 0. The number of nitro groups is 1. The van der Waals surface area contributed by atoms with E-state index < -0.39 is 10.8 Å². The number of nitrogens with zero attached hydrogens (tertiary/aromatic N) is 2. The summed E-state index contributed by atoms with van der Waals surface area (Å²) in [6.45, 7) is 1.81. The summed E-state index contributed by atoms with van der Waals surface area (Å²) in [5.41, 5.74) is 0.0913. The molecule has 1 aromatic rings. The van der Waals surface area contributed by atoms with Crippen molar-refractivity contribution in [1.82, 2.24) is 10.2 Å². The molecule has 0 saturated carbocycles. The van der Waals surface area contributed by atoms with Crippen LogP contribution in [0.1, 0.15) is 29.6 Å². The van der Waals surface area contributed by atoms with E-state index in [1.165, 1.54) is 24.3 Å². The first-order chi connectivity index (χ1) is 10.1. The molecular formula is C14H17N3O4. The van der Waals surface area contributed by atoms with Crippen molar-refractivity contribution in [2.24, 2.45) is 0 Å². The highest BCUT2D eigenvalue weighted by atomic mass is 16.6. The molecule has 21 heavy (non-hydrogen) atoms. The summed E-state index contributed by atoms with van der Waals surface area (Å²) in [4.78, 5) is 35.5. The molecule has 0 atom stereocenters. The minimum atomic E-state index is -0.548. The number of carbonyl (C=O) groups excluding carboxylic acids is 2. The van der Waals surface area contributed by atoms with E-state index in [9.17, 15) is 19.7 Å². The zero-order chi connectivity index (χ0) is 15.2. The molecule has 2 amide bonds. The SMILES string of the molecule is O=C(NCCC(=O)N1CCCC1)c1cccc([N+](=O)[O-])c1. The van der Waals surface area contributed by atoms with Gasteiger partial charge in [-0.25, -0.2) is 0 Å². The zero-order valence-corrected chi connectivity index (χ0v) is 11.6. The van der Waals surface area contributed by atoms with E-state index in [-0.39, 0.29) is 30.1 Å². The van der Waals surface area contributed by atoms with Gasteiger partial charge < -0.3 is 10.2 Å². The Morgan fingerprint density at radius 1 is 1.29 bits per heavy atom. The van der Waals surface area contributed by atoms with Crippen LogP contribution in [-0.2, 0) is 4.79 Å². The van der Waals surface area contributed by atoms with Crippen LogP contribution in [0.2, 0.25) is 0 Å². The molecule has 112 valence electrons. The predicted molar refractivity (Wildman–Crippen MR) is 75.9 cm³/mol. The third kappa shape index (κ3) is 4.01. The van der Waals surface area contributed by atoms with Gasteiger partial charge in [-0.2, -0.15) is 0 Å². The first-order valence-electron chi connectivity index (χ1n) is 6.88. The normalized spacial score (nSPS) is 14.0.